The Morgan fingerprint density at radius 1 is 1.33 bits per heavy atom. The number of aliphatic hydroxyl groups is 1. The average molecular weight is 302 g/mol. The Bertz CT molecular complexity index is 478. The molecule has 1 aromatic carbocycles. The van der Waals surface area contributed by atoms with Gasteiger partial charge in [0.1, 0.15) is 0 Å². The van der Waals surface area contributed by atoms with Crippen molar-refractivity contribution in [1.29, 1.82) is 0 Å². The summed E-state index contributed by atoms with van der Waals surface area (Å²) in [5, 5.41) is 10.2. The highest BCUT2D eigenvalue weighted by atomic mass is 19.4. The minimum Gasteiger partial charge on any atom is -0.387 e. The third kappa shape index (κ3) is 4.18. The van der Waals surface area contributed by atoms with E-state index in [1.54, 1.807) is 6.07 Å². The molecule has 1 aromatic rings. The van der Waals surface area contributed by atoms with E-state index in [2.05, 4.69) is 16.7 Å². The van der Waals surface area contributed by atoms with Crippen LogP contribution in [-0.4, -0.2) is 54.2 Å². The molecule has 1 N–H and O–H groups in total. The Kier molecular flexibility index (Phi) is 4.91. The van der Waals surface area contributed by atoms with Crippen LogP contribution in [0.2, 0.25) is 0 Å². The lowest BCUT2D eigenvalue weighted by molar-refractivity contribution is -0.137. The van der Waals surface area contributed by atoms with Gasteiger partial charge >= 0.3 is 6.18 Å². The van der Waals surface area contributed by atoms with E-state index < -0.39 is 17.8 Å². The molecule has 0 bridgehead atoms. The molecule has 2 atom stereocenters. The smallest absolute Gasteiger partial charge is 0.387 e. The van der Waals surface area contributed by atoms with Crippen LogP contribution in [0.25, 0.3) is 0 Å². The summed E-state index contributed by atoms with van der Waals surface area (Å²) in [6.07, 6.45) is -5.28. The molecule has 1 heterocycles. The molecule has 1 aliphatic rings. The molecule has 0 aliphatic carbocycles. The second kappa shape index (κ2) is 6.34. The molecule has 2 rings (SSSR count). The van der Waals surface area contributed by atoms with E-state index in [9.17, 15) is 18.3 Å². The Hall–Kier alpha value is -1.11. The maximum Gasteiger partial charge on any atom is 0.416 e. The predicted molar refractivity (Wildman–Crippen MR) is 74.9 cm³/mol. The maximum absolute atomic E-state index is 12.7. The van der Waals surface area contributed by atoms with Gasteiger partial charge in [0.05, 0.1) is 11.7 Å². The summed E-state index contributed by atoms with van der Waals surface area (Å²) in [7, 11) is 2.05. The van der Waals surface area contributed by atoms with Crippen LogP contribution in [0.3, 0.4) is 0 Å². The summed E-state index contributed by atoms with van der Waals surface area (Å²) >= 11 is 0. The van der Waals surface area contributed by atoms with Crippen LogP contribution in [0, 0.1) is 0 Å². The zero-order chi connectivity index (χ0) is 15.6. The topological polar surface area (TPSA) is 26.7 Å². The van der Waals surface area contributed by atoms with Crippen molar-refractivity contribution in [3.63, 3.8) is 0 Å². The molecule has 0 saturated carbocycles. The Morgan fingerprint density at radius 2 is 2.05 bits per heavy atom. The van der Waals surface area contributed by atoms with Gasteiger partial charge in [-0.25, -0.2) is 0 Å². The second-order valence-electron chi connectivity index (χ2n) is 5.73. The maximum atomic E-state index is 12.7. The van der Waals surface area contributed by atoms with Gasteiger partial charge in [-0.05, 0) is 31.7 Å². The first kappa shape index (κ1) is 16.3. The van der Waals surface area contributed by atoms with Crippen LogP contribution >= 0.6 is 0 Å². The predicted octanol–water partition coefficient (Wildman–Crippen LogP) is 2.37. The summed E-state index contributed by atoms with van der Waals surface area (Å²) in [6.45, 7) is 4.99. The van der Waals surface area contributed by atoms with E-state index in [0.717, 1.165) is 31.8 Å². The van der Waals surface area contributed by atoms with Gasteiger partial charge in [0.15, 0.2) is 0 Å². The fourth-order valence-electron chi connectivity index (χ4n) is 2.56. The fraction of sp³-hybridized carbons (Fsp3) is 0.600. The van der Waals surface area contributed by atoms with Gasteiger partial charge in [-0.2, -0.15) is 13.2 Å². The van der Waals surface area contributed by atoms with Crippen molar-refractivity contribution >= 4 is 0 Å². The Labute approximate surface area is 123 Å². The van der Waals surface area contributed by atoms with E-state index in [1.165, 1.54) is 6.07 Å². The number of aliphatic hydroxyl groups excluding tert-OH is 1. The van der Waals surface area contributed by atoms with Crippen molar-refractivity contribution in [2.45, 2.75) is 25.2 Å². The van der Waals surface area contributed by atoms with Crippen molar-refractivity contribution in [3.05, 3.63) is 35.4 Å². The van der Waals surface area contributed by atoms with Gasteiger partial charge in [-0.1, -0.05) is 12.1 Å². The number of likely N-dealkylation sites (N-methyl/N-ethyl adjacent to an activating group) is 1. The number of piperazine rings is 1. The first-order valence-corrected chi connectivity index (χ1v) is 7.05. The van der Waals surface area contributed by atoms with Crippen molar-refractivity contribution in [2.24, 2.45) is 0 Å². The first-order chi connectivity index (χ1) is 9.77. The molecule has 0 spiro atoms. The normalized spacial score (nSPS) is 23.2. The quantitative estimate of drug-likeness (QED) is 0.928. The van der Waals surface area contributed by atoms with Crippen LogP contribution in [0.1, 0.15) is 24.2 Å². The molecule has 1 saturated heterocycles. The van der Waals surface area contributed by atoms with Gasteiger partial charge in [0.25, 0.3) is 0 Å². The number of rotatable bonds is 3. The van der Waals surface area contributed by atoms with Crippen molar-refractivity contribution in [1.82, 2.24) is 9.80 Å². The lowest BCUT2D eigenvalue weighted by Gasteiger charge is -2.38. The SMILES string of the molecule is CC1CN(CC(O)c2cccc(C(F)(F)F)c2)CCN1C. The Morgan fingerprint density at radius 3 is 2.67 bits per heavy atom. The van der Waals surface area contributed by atoms with Gasteiger partial charge in [-0.15, -0.1) is 0 Å². The summed E-state index contributed by atoms with van der Waals surface area (Å²) in [4.78, 5) is 4.32. The highest BCUT2D eigenvalue weighted by molar-refractivity contribution is 5.27. The van der Waals surface area contributed by atoms with Gasteiger partial charge < -0.3 is 10.0 Å². The Balaban J connectivity index is 2.02. The molecule has 118 valence electrons. The molecule has 21 heavy (non-hydrogen) atoms. The molecular formula is C15H21F3N2O. The molecular weight excluding hydrogens is 281 g/mol. The number of β-amino-alcohol motifs (C(OH)–C–C–N with tert-alkyl or cyclic N) is 1. The monoisotopic (exact) mass is 302 g/mol. The van der Waals surface area contributed by atoms with Crippen LogP contribution in [0.4, 0.5) is 13.2 Å². The lowest BCUT2D eigenvalue weighted by Crippen LogP contribution is -2.50. The van der Waals surface area contributed by atoms with Crippen LogP contribution in [-0.2, 0) is 6.18 Å². The molecule has 6 heteroatoms. The van der Waals surface area contributed by atoms with Gasteiger partial charge in [0.2, 0.25) is 0 Å². The molecule has 1 fully saturated rings. The van der Waals surface area contributed by atoms with Gasteiger partial charge in [-0.3, -0.25) is 4.90 Å². The number of nitrogens with zero attached hydrogens (tertiary/aromatic N) is 2. The van der Waals surface area contributed by atoms with Gasteiger partial charge in [0, 0.05) is 32.2 Å². The van der Waals surface area contributed by atoms with E-state index in [1.807, 2.05) is 7.05 Å². The highest BCUT2D eigenvalue weighted by Gasteiger charge is 2.31. The van der Waals surface area contributed by atoms with E-state index in [4.69, 9.17) is 0 Å². The van der Waals surface area contributed by atoms with Crippen LogP contribution < -0.4 is 0 Å². The summed E-state index contributed by atoms with van der Waals surface area (Å²) in [6, 6.07) is 5.32. The molecule has 2 unspecified atom stereocenters. The minimum atomic E-state index is -4.38. The number of hydrogen-bond acceptors (Lipinski definition) is 3. The molecule has 1 aliphatic heterocycles. The number of alkyl halides is 3. The van der Waals surface area contributed by atoms with Crippen molar-refractivity contribution in [2.75, 3.05) is 33.2 Å². The minimum absolute atomic E-state index is 0.316. The van der Waals surface area contributed by atoms with Crippen LogP contribution in [0.15, 0.2) is 24.3 Å². The van der Waals surface area contributed by atoms with Crippen molar-refractivity contribution < 1.29 is 18.3 Å². The first-order valence-electron chi connectivity index (χ1n) is 7.05. The van der Waals surface area contributed by atoms with E-state index >= 15 is 0 Å². The zero-order valence-corrected chi connectivity index (χ0v) is 12.3. The average Bonchev–Trinajstić information content (AvgIpc) is 2.42. The largest absolute Gasteiger partial charge is 0.416 e. The number of hydrogen-bond donors (Lipinski definition) is 1. The summed E-state index contributed by atoms with van der Waals surface area (Å²) in [5.74, 6) is 0. The summed E-state index contributed by atoms with van der Waals surface area (Å²) in [5.41, 5.74) is -0.401. The van der Waals surface area contributed by atoms with E-state index in [-0.39, 0.29) is 0 Å². The van der Waals surface area contributed by atoms with Crippen LogP contribution in [0.5, 0.6) is 0 Å². The molecule has 0 radical (unpaired) electrons. The fourth-order valence-corrected chi connectivity index (χ4v) is 2.56. The second-order valence-corrected chi connectivity index (χ2v) is 5.73. The number of benzene rings is 1. The lowest BCUT2D eigenvalue weighted by atomic mass is 10.0. The molecule has 0 aromatic heterocycles. The highest BCUT2D eigenvalue weighted by Crippen LogP contribution is 2.31. The molecule has 0 amide bonds. The van der Waals surface area contributed by atoms with Crippen molar-refractivity contribution in [3.8, 4) is 0 Å². The standard InChI is InChI=1S/C15H21F3N2O/c1-11-9-20(7-6-19(11)2)10-14(21)12-4-3-5-13(8-12)15(16,17)18/h3-5,8,11,14,21H,6-7,9-10H2,1-2H3. The molecule has 3 nitrogen and oxygen atoms in total. The summed E-state index contributed by atoms with van der Waals surface area (Å²) < 4.78 is 38.1. The number of halogens is 3. The van der Waals surface area contributed by atoms with E-state index in [0.29, 0.717) is 18.2 Å². The zero-order valence-electron chi connectivity index (χ0n) is 12.3. The third-order valence-corrected chi connectivity index (χ3v) is 4.07. The third-order valence-electron chi connectivity index (χ3n) is 4.07.